The molecule has 2 aromatic rings. The second kappa shape index (κ2) is 7.12. The van der Waals surface area contributed by atoms with E-state index < -0.39 is 46.3 Å². The Morgan fingerprint density at radius 3 is 2.59 bits per heavy atom. The number of thiophene rings is 1. The lowest BCUT2D eigenvalue weighted by Gasteiger charge is -2.49. The first-order valence-electron chi connectivity index (χ1n) is 8.14. The van der Waals surface area contributed by atoms with Gasteiger partial charge in [0.1, 0.15) is 5.92 Å². The van der Waals surface area contributed by atoms with Crippen LogP contribution in [0, 0.1) is 16.0 Å². The van der Waals surface area contributed by atoms with Gasteiger partial charge in [-0.2, -0.15) is 13.2 Å². The first-order chi connectivity index (χ1) is 13.5. The van der Waals surface area contributed by atoms with E-state index in [1.54, 1.807) is 0 Å². The highest BCUT2D eigenvalue weighted by molar-refractivity contribution is 7.12. The van der Waals surface area contributed by atoms with Crippen LogP contribution in [0.1, 0.15) is 21.3 Å². The zero-order valence-electron chi connectivity index (χ0n) is 14.7. The Morgan fingerprint density at radius 1 is 1.34 bits per heavy atom. The van der Waals surface area contributed by atoms with Gasteiger partial charge in [-0.25, -0.2) is 4.79 Å². The van der Waals surface area contributed by atoms with Gasteiger partial charge in [0.2, 0.25) is 0 Å². The maximum Gasteiger partial charge on any atom is 0.437 e. The van der Waals surface area contributed by atoms with Gasteiger partial charge in [0.05, 0.1) is 15.8 Å². The molecule has 2 N–H and O–H groups in total. The Balaban J connectivity index is 2.22. The number of alkyl halides is 3. The molecule has 154 valence electrons. The third-order valence-corrected chi connectivity index (χ3v) is 5.65. The number of nitro benzene ring substituents is 1. The van der Waals surface area contributed by atoms with Crippen LogP contribution in [-0.4, -0.2) is 45.7 Å². The molecule has 2 amide bonds. The molecule has 3 rings (SSSR count). The Bertz CT molecular complexity index is 965. The summed E-state index contributed by atoms with van der Waals surface area (Å²) >= 11 is 0.876. The summed E-state index contributed by atoms with van der Waals surface area (Å²) in [6.45, 7) is 0. The molecule has 29 heavy (non-hydrogen) atoms. The third kappa shape index (κ3) is 3.34. The second-order valence-electron chi connectivity index (χ2n) is 6.38. The van der Waals surface area contributed by atoms with Gasteiger partial charge in [-0.15, -0.1) is 11.3 Å². The Kier molecular flexibility index (Phi) is 5.09. The largest absolute Gasteiger partial charge is 0.437 e. The van der Waals surface area contributed by atoms with E-state index in [1.165, 1.54) is 29.6 Å². The topological polar surface area (TPSA) is 113 Å². The number of carbonyl (C=O) groups is 2. The number of ketones is 1. The average Bonchev–Trinajstić information content (AvgIpc) is 3.19. The molecular weight excluding hydrogens is 415 g/mol. The summed E-state index contributed by atoms with van der Waals surface area (Å²) in [5.74, 6) is -3.26. The highest BCUT2D eigenvalue weighted by Gasteiger charge is 2.69. The number of nitrogens with zero attached hydrogens (tertiary/aromatic N) is 2. The summed E-state index contributed by atoms with van der Waals surface area (Å²) in [5.41, 5.74) is -4.38. The van der Waals surface area contributed by atoms with E-state index in [0.717, 1.165) is 30.5 Å². The van der Waals surface area contributed by atoms with E-state index in [4.69, 9.17) is 0 Å². The molecule has 1 aliphatic heterocycles. The van der Waals surface area contributed by atoms with E-state index in [9.17, 15) is 38.0 Å². The molecule has 1 fully saturated rings. The van der Waals surface area contributed by atoms with Crippen LogP contribution >= 0.6 is 11.3 Å². The first-order valence-corrected chi connectivity index (χ1v) is 9.02. The van der Waals surface area contributed by atoms with Crippen molar-refractivity contribution >= 4 is 28.8 Å². The fraction of sp³-hybridized carbons (Fsp3) is 0.294. The minimum Gasteiger partial charge on any atom is -0.363 e. The van der Waals surface area contributed by atoms with E-state index in [2.05, 4.69) is 5.32 Å². The molecule has 0 unspecified atom stereocenters. The monoisotopic (exact) mass is 429 g/mol. The number of halogens is 3. The minimum absolute atomic E-state index is 0.0248. The SMILES string of the molecule is CN1C(=O)N[C@H](c2cccc([N+](=O)[O-])c2)[C@@H](C(=O)c2cccs2)[C@@]1(O)C(F)(F)F. The lowest BCUT2D eigenvalue weighted by Crippen LogP contribution is -2.72. The van der Waals surface area contributed by atoms with Crippen LogP contribution in [0.4, 0.5) is 23.7 Å². The molecule has 2 heterocycles. The number of urea groups is 1. The number of nitrogens with one attached hydrogen (secondary N) is 1. The summed E-state index contributed by atoms with van der Waals surface area (Å²) in [5, 5.41) is 25.5. The number of non-ortho nitro benzene ring substituents is 1. The van der Waals surface area contributed by atoms with Crippen LogP contribution in [0.15, 0.2) is 41.8 Å². The number of rotatable bonds is 4. The summed E-state index contributed by atoms with van der Waals surface area (Å²) in [7, 11) is 0.723. The molecule has 0 bridgehead atoms. The third-order valence-electron chi connectivity index (χ3n) is 4.77. The van der Waals surface area contributed by atoms with Crippen molar-refractivity contribution in [2.24, 2.45) is 5.92 Å². The van der Waals surface area contributed by atoms with E-state index >= 15 is 0 Å². The highest BCUT2D eigenvalue weighted by atomic mass is 32.1. The smallest absolute Gasteiger partial charge is 0.363 e. The molecule has 8 nitrogen and oxygen atoms in total. The van der Waals surface area contributed by atoms with Gasteiger partial charge in [0, 0.05) is 19.2 Å². The van der Waals surface area contributed by atoms with Crippen LogP contribution in [0.25, 0.3) is 0 Å². The Hall–Kier alpha value is -2.99. The molecule has 0 spiro atoms. The average molecular weight is 429 g/mol. The molecule has 1 aromatic carbocycles. The number of hydrogen-bond donors (Lipinski definition) is 2. The maximum absolute atomic E-state index is 14.0. The predicted octanol–water partition coefficient (Wildman–Crippen LogP) is 3.10. The predicted molar refractivity (Wildman–Crippen MR) is 95.3 cm³/mol. The highest BCUT2D eigenvalue weighted by Crippen LogP contribution is 2.48. The number of carbonyl (C=O) groups excluding carboxylic acids is 2. The zero-order chi connectivity index (χ0) is 21.6. The van der Waals surface area contributed by atoms with Gasteiger partial charge in [-0.05, 0) is 17.0 Å². The number of amides is 2. The van der Waals surface area contributed by atoms with Crippen LogP contribution in [-0.2, 0) is 0 Å². The minimum atomic E-state index is -5.38. The summed E-state index contributed by atoms with van der Waals surface area (Å²) in [6, 6.07) is 4.36. The normalized spacial score (nSPS) is 24.9. The number of nitro groups is 1. The summed E-state index contributed by atoms with van der Waals surface area (Å²) in [6.07, 6.45) is -5.38. The van der Waals surface area contributed by atoms with Crippen molar-refractivity contribution in [3.63, 3.8) is 0 Å². The maximum atomic E-state index is 14.0. The number of Topliss-reactive ketones (excluding diaryl/α,β-unsaturated/α-hetero) is 1. The fourth-order valence-corrected chi connectivity index (χ4v) is 3.99. The number of aliphatic hydroxyl groups is 1. The van der Waals surface area contributed by atoms with Crippen molar-refractivity contribution in [2.45, 2.75) is 17.9 Å². The van der Waals surface area contributed by atoms with Crippen molar-refractivity contribution in [3.8, 4) is 0 Å². The van der Waals surface area contributed by atoms with Gasteiger partial charge < -0.3 is 10.4 Å². The van der Waals surface area contributed by atoms with Crippen LogP contribution < -0.4 is 5.32 Å². The van der Waals surface area contributed by atoms with Gasteiger partial charge in [0.15, 0.2) is 5.78 Å². The van der Waals surface area contributed by atoms with Gasteiger partial charge in [0.25, 0.3) is 11.4 Å². The lowest BCUT2D eigenvalue weighted by molar-refractivity contribution is -0.385. The standard InChI is InChI=1S/C17H14F3N3O5S/c1-22-15(25)21-13(9-4-2-5-10(8-9)23(27)28)12(16(22,26)17(18,19)20)14(24)11-6-3-7-29-11/h2-8,12-13,26H,1H3,(H,21,25)/t12-,13+,16+/m0/s1. The molecule has 0 radical (unpaired) electrons. The number of hydrogen-bond acceptors (Lipinski definition) is 6. The zero-order valence-corrected chi connectivity index (χ0v) is 15.5. The van der Waals surface area contributed by atoms with Crippen LogP contribution in [0.2, 0.25) is 0 Å². The van der Waals surface area contributed by atoms with Gasteiger partial charge in [-0.1, -0.05) is 18.2 Å². The molecule has 0 aliphatic carbocycles. The number of benzene rings is 1. The fourth-order valence-electron chi connectivity index (χ4n) is 3.29. The van der Waals surface area contributed by atoms with Crippen molar-refractivity contribution < 1.29 is 32.8 Å². The second-order valence-corrected chi connectivity index (χ2v) is 7.33. The van der Waals surface area contributed by atoms with Crippen molar-refractivity contribution in [1.29, 1.82) is 0 Å². The van der Waals surface area contributed by atoms with Gasteiger partial charge >= 0.3 is 12.2 Å². The lowest BCUT2D eigenvalue weighted by atomic mass is 9.78. The van der Waals surface area contributed by atoms with Crippen LogP contribution in [0.5, 0.6) is 0 Å². The quantitative estimate of drug-likeness (QED) is 0.441. The summed E-state index contributed by atoms with van der Waals surface area (Å²) in [4.78, 5) is 35.5. The molecule has 1 saturated heterocycles. The van der Waals surface area contributed by atoms with E-state index in [-0.39, 0.29) is 15.3 Å². The molecule has 1 aromatic heterocycles. The van der Waals surface area contributed by atoms with Crippen molar-refractivity contribution in [2.75, 3.05) is 7.05 Å². The molecule has 1 aliphatic rings. The van der Waals surface area contributed by atoms with E-state index in [0.29, 0.717) is 0 Å². The Labute approximate surface area is 165 Å². The van der Waals surface area contributed by atoms with Crippen molar-refractivity contribution in [3.05, 3.63) is 62.3 Å². The van der Waals surface area contributed by atoms with Gasteiger partial charge in [-0.3, -0.25) is 19.8 Å². The van der Waals surface area contributed by atoms with Crippen LogP contribution in [0.3, 0.4) is 0 Å². The van der Waals surface area contributed by atoms with E-state index in [1.807, 2.05) is 0 Å². The molecule has 12 heteroatoms. The molecular formula is C17H14F3N3O5S. The molecule has 0 saturated carbocycles. The first kappa shape index (κ1) is 20.7. The van der Waals surface area contributed by atoms with Crippen molar-refractivity contribution in [1.82, 2.24) is 10.2 Å². The Morgan fingerprint density at radius 2 is 2.03 bits per heavy atom. The summed E-state index contributed by atoms with van der Waals surface area (Å²) < 4.78 is 41.9. The molecule has 3 atom stereocenters.